The van der Waals surface area contributed by atoms with Gasteiger partial charge in [0.25, 0.3) is 0 Å². The van der Waals surface area contributed by atoms with Crippen molar-refractivity contribution in [3.8, 4) is 0 Å². The molecule has 19 heavy (non-hydrogen) atoms. The quantitative estimate of drug-likeness (QED) is 0.845. The van der Waals surface area contributed by atoms with Crippen LogP contribution in [-0.2, 0) is 11.2 Å². The lowest BCUT2D eigenvalue weighted by atomic mass is 9.85. The molecule has 0 spiro atoms. The minimum atomic E-state index is 0.0314. The van der Waals surface area contributed by atoms with E-state index in [1.165, 1.54) is 37.7 Å². The van der Waals surface area contributed by atoms with Crippen LogP contribution in [0.2, 0.25) is 0 Å². The molecular formula is C17H27NO. The molecule has 1 heterocycles. The molecule has 2 nitrogen and oxygen atoms in total. The molecule has 1 N–H and O–H groups in total. The molecule has 0 aromatic heterocycles. The van der Waals surface area contributed by atoms with Crippen molar-refractivity contribution < 1.29 is 4.74 Å². The topological polar surface area (TPSA) is 21.3 Å². The van der Waals surface area contributed by atoms with Crippen LogP contribution in [0.3, 0.4) is 0 Å². The van der Waals surface area contributed by atoms with E-state index in [1.807, 2.05) is 0 Å². The SMILES string of the molecule is CNC(CCCc1ccccc1)C1(C)CCCCO1. The first-order valence-corrected chi connectivity index (χ1v) is 7.60. The minimum absolute atomic E-state index is 0.0314. The molecule has 106 valence electrons. The highest BCUT2D eigenvalue weighted by molar-refractivity contribution is 5.14. The van der Waals surface area contributed by atoms with Gasteiger partial charge in [0.15, 0.2) is 0 Å². The Morgan fingerprint density at radius 1 is 1.26 bits per heavy atom. The summed E-state index contributed by atoms with van der Waals surface area (Å²) in [4.78, 5) is 0. The third-order valence-electron chi connectivity index (χ3n) is 4.39. The number of aryl methyl sites for hydroxylation is 1. The Hall–Kier alpha value is -0.860. The van der Waals surface area contributed by atoms with E-state index >= 15 is 0 Å². The summed E-state index contributed by atoms with van der Waals surface area (Å²) in [5.41, 5.74) is 1.47. The fourth-order valence-electron chi connectivity index (χ4n) is 3.14. The molecule has 1 aromatic rings. The van der Waals surface area contributed by atoms with Crippen molar-refractivity contribution in [1.82, 2.24) is 5.32 Å². The summed E-state index contributed by atoms with van der Waals surface area (Å²) in [6.45, 7) is 3.20. The van der Waals surface area contributed by atoms with E-state index in [1.54, 1.807) is 0 Å². The van der Waals surface area contributed by atoms with Gasteiger partial charge in [0.2, 0.25) is 0 Å². The summed E-state index contributed by atoms with van der Waals surface area (Å²) < 4.78 is 6.06. The number of likely N-dealkylation sites (N-methyl/N-ethyl adjacent to an activating group) is 1. The summed E-state index contributed by atoms with van der Waals surface area (Å²) in [6.07, 6.45) is 7.26. The minimum Gasteiger partial charge on any atom is -0.374 e. The summed E-state index contributed by atoms with van der Waals surface area (Å²) in [6, 6.07) is 11.2. The van der Waals surface area contributed by atoms with E-state index in [-0.39, 0.29) is 5.60 Å². The van der Waals surface area contributed by atoms with Gasteiger partial charge in [-0.3, -0.25) is 0 Å². The van der Waals surface area contributed by atoms with Crippen LogP contribution in [0.25, 0.3) is 0 Å². The Bertz CT molecular complexity index is 357. The van der Waals surface area contributed by atoms with Crippen molar-refractivity contribution in [3.63, 3.8) is 0 Å². The molecule has 1 aliphatic heterocycles. The van der Waals surface area contributed by atoms with Crippen LogP contribution in [0.4, 0.5) is 0 Å². The lowest BCUT2D eigenvalue weighted by Gasteiger charge is -2.40. The Balaban J connectivity index is 1.82. The normalized spacial score (nSPS) is 25.2. The maximum Gasteiger partial charge on any atom is 0.0806 e. The number of hydrogen-bond donors (Lipinski definition) is 1. The average molecular weight is 261 g/mol. The predicted molar refractivity (Wildman–Crippen MR) is 80.4 cm³/mol. The number of ether oxygens (including phenoxy) is 1. The molecule has 2 rings (SSSR count). The molecule has 1 aromatic carbocycles. The lowest BCUT2D eigenvalue weighted by molar-refractivity contribution is -0.0889. The average Bonchev–Trinajstić information content (AvgIpc) is 2.45. The second-order valence-electron chi connectivity index (χ2n) is 5.84. The van der Waals surface area contributed by atoms with Crippen molar-refractivity contribution in [2.45, 2.75) is 57.1 Å². The van der Waals surface area contributed by atoms with Gasteiger partial charge in [-0.15, -0.1) is 0 Å². The number of hydrogen-bond acceptors (Lipinski definition) is 2. The lowest BCUT2D eigenvalue weighted by Crippen LogP contribution is -2.51. The van der Waals surface area contributed by atoms with Gasteiger partial charge in [-0.05, 0) is 58.1 Å². The van der Waals surface area contributed by atoms with E-state index in [9.17, 15) is 0 Å². The van der Waals surface area contributed by atoms with Gasteiger partial charge < -0.3 is 10.1 Å². The van der Waals surface area contributed by atoms with Gasteiger partial charge in [-0.25, -0.2) is 0 Å². The zero-order valence-electron chi connectivity index (χ0n) is 12.3. The van der Waals surface area contributed by atoms with Crippen LogP contribution in [0, 0.1) is 0 Å². The number of rotatable bonds is 6. The molecule has 0 amide bonds. The summed E-state index contributed by atoms with van der Waals surface area (Å²) in [7, 11) is 2.07. The van der Waals surface area contributed by atoms with E-state index < -0.39 is 0 Å². The van der Waals surface area contributed by atoms with E-state index in [0.717, 1.165) is 13.0 Å². The molecular weight excluding hydrogens is 234 g/mol. The largest absolute Gasteiger partial charge is 0.374 e. The summed E-state index contributed by atoms with van der Waals surface area (Å²) in [5.74, 6) is 0. The first-order valence-electron chi connectivity index (χ1n) is 7.60. The van der Waals surface area contributed by atoms with Crippen LogP contribution in [0.1, 0.15) is 44.6 Å². The Labute approximate surface area is 117 Å². The maximum atomic E-state index is 6.06. The third kappa shape index (κ3) is 4.05. The van der Waals surface area contributed by atoms with Gasteiger partial charge >= 0.3 is 0 Å². The standard InChI is InChI=1S/C17H27NO/c1-17(13-6-7-14-19-17)16(18-2)12-8-11-15-9-4-3-5-10-15/h3-5,9-10,16,18H,6-8,11-14H2,1-2H3. The van der Waals surface area contributed by atoms with Crippen molar-refractivity contribution in [2.24, 2.45) is 0 Å². The molecule has 0 radical (unpaired) electrons. The molecule has 1 fully saturated rings. The van der Waals surface area contributed by atoms with Crippen LogP contribution < -0.4 is 5.32 Å². The van der Waals surface area contributed by atoms with E-state index in [0.29, 0.717) is 6.04 Å². The molecule has 0 aliphatic carbocycles. The second kappa shape index (κ2) is 7.06. The monoisotopic (exact) mass is 261 g/mol. The highest BCUT2D eigenvalue weighted by Crippen LogP contribution is 2.30. The van der Waals surface area contributed by atoms with Gasteiger partial charge in [0.1, 0.15) is 0 Å². The van der Waals surface area contributed by atoms with Gasteiger partial charge in [-0.2, -0.15) is 0 Å². The third-order valence-corrected chi connectivity index (χ3v) is 4.39. The number of benzene rings is 1. The van der Waals surface area contributed by atoms with Crippen molar-refractivity contribution in [3.05, 3.63) is 35.9 Å². The number of nitrogens with one attached hydrogen (secondary N) is 1. The van der Waals surface area contributed by atoms with Crippen molar-refractivity contribution in [2.75, 3.05) is 13.7 Å². The zero-order valence-corrected chi connectivity index (χ0v) is 12.3. The Kier molecular flexibility index (Phi) is 5.41. The highest BCUT2D eigenvalue weighted by atomic mass is 16.5. The molecule has 2 heteroatoms. The molecule has 2 atom stereocenters. The van der Waals surface area contributed by atoms with E-state index in [2.05, 4.69) is 49.6 Å². The van der Waals surface area contributed by atoms with Crippen LogP contribution in [-0.4, -0.2) is 25.3 Å². The Morgan fingerprint density at radius 3 is 2.68 bits per heavy atom. The smallest absolute Gasteiger partial charge is 0.0806 e. The molecule has 1 saturated heterocycles. The molecule has 0 bridgehead atoms. The molecule has 1 aliphatic rings. The maximum absolute atomic E-state index is 6.06. The molecule has 0 saturated carbocycles. The van der Waals surface area contributed by atoms with Crippen molar-refractivity contribution in [1.29, 1.82) is 0 Å². The van der Waals surface area contributed by atoms with Crippen LogP contribution in [0.15, 0.2) is 30.3 Å². The Morgan fingerprint density at radius 2 is 2.05 bits per heavy atom. The predicted octanol–water partition coefficient (Wildman–Crippen LogP) is 3.56. The fraction of sp³-hybridized carbons (Fsp3) is 0.647. The summed E-state index contributed by atoms with van der Waals surface area (Å²) in [5, 5.41) is 3.47. The van der Waals surface area contributed by atoms with Gasteiger partial charge in [0, 0.05) is 12.6 Å². The highest BCUT2D eigenvalue weighted by Gasteiger charge is 2.35. The first kappa shape index (κ1) is 14.5. The molecule has 2 unspecified atom stereocenters. The van der Waals surface area contributed by atoms with Crippen molar-refractivity contribution >= 4 is 0 Å². The van der Waals surface area contributed by atoms with E-state index in [4.69, 9.17) is 4.74 Å². The van der Waals surface area contributed by atoms with Crippen LogP contribution in [0.5, 0.6) is 0 Å². The fourth-order valence-corrected chi connectivity index (χ4v) is 3.14. The van der Waals surface area contributed by atoms with Gasteiger partial charge in [0.05, 0.1) is 5.60 Å². The second-order valence-corrected chi connectivity index (χ2v) is 5.84. The van der Waals surface area contributed by atoms with Crippen LogP contribution >= 0.6 is 0 Å². The zero-order chi connectivity index (χ0) is 13.6. The summed E-state index contributed by atoms with van der Waals surface area (Å²) >= 11 is 0. The first-order chi connectivity index (χ1) is 9.24. The van der Waals surface area contributed by atoms with Gasteiger partial charge in [-0.1, -0.05) is 30.3 Å².